The Morgan fingerprint density at radius 3 is 2.41 bits per heavy atom. The number of methoxy groups -OCH3 is 1. The van der Waals surface area contributed by atoms with Crippen molar-refractivity contribution < 1.29 is 19.1 Å². The zero-order valence-corrected chi connectivity index (χ0v) is 19.9. The molecule has 1 aromatic heterocycles. The molecule has 7 nitrogen and oxygen atoms in total. The summed E-state index contributed by atoms with van der Waals surface area (Å²) >= 11 is 1.12. The standard InChI is InChI=1S/C24H28N2O5S/c1-6-31-13-7-12-26-21(28)19(14-16-8-10-17(11-9-16)23(29)30-5)32-22(26)18(15-25)20(27)24(2,3)4/h8-11,14H,6-7,12-13H2,1-5H3/b19-14-,22-18+. The first-order valence-electron chi connectivity index (χ1n) is 10.3. The molecule has 0 aliphatic carbocycles. The van der Waals surface area contributed by atoms with E-state index < -0.39 is 11.4 Å². The number of carbonyl (C=O) groups is 2. The Balaban J connectivity index is 2.66. The molecule has 0 atom stereocenters. The number of hydrogen-bond acceptors (Lipinski definition) is 7. The Morgan fingerprint density at radius 2 is 1.88 bits per heavy atom. The Morgan fingerprint density at radius 1 is 1.22 bits per heavy atom. The number of aromatic nitrogens is 1. The fourth-order valence-corrected chi connectivity index (χ4v) is 4.06. The highest BCUT2D eigenvalue weighted by Crippen LogP contribution is 2.19. The van der Waals surface area contributed by atoms with E-state index in [9.17, 15) is 19.6 Å². The minimum absolute atomic E-state index is 0.0169. The number of thiazole rings is 1. The normalized spacial score (nSPS) is 12.9. The molecule has 0 aliphatic heterocycles. The summed E-state index contributed by atoms with van der Waals surface area (Å²) < 4.78 is 12.3. The molecular formula is C24H28N2O5S. The second kappa shape index (κ2) is 11.0. The molecular weight excluding hydrogens is 428 g/mol. The number of esters is 1. The fourth-order valence-electron chi connectivity index (χ4n) is 2.93. The van der Waals surface area contributed by atoms with E-state index in [1.807, 2.05) is 13.0 Å². The third kappa shape index (κ3) is 6.02. The lowest BCUT2D eigenvalue weighted by atomic mass is 9.87. The van der Waals surface area contributed by atoms with E-state index in [1.165, 1.54) is 11.7 Å². The molecule has 0 fully saturated rings. The Hall–Kier alpha value is -3.02. The van der Waals surface area contributed by atoms with Crippen molar-refractivity contribution in [1.82, 2.24) is 4.57 Å². The van der Waals surface area contributed by atoms with Crippen LogP contribution in [0, 0.1) is 16.7 Å². The van der Waals surface area contributed by atoms with E-state index in [-0.39, 0.29) is 16.9 Å². The second-order valence-electron chi connectivity index (χ2n) is 8.10. The summed E-state index contributed by atoms with van der Waals surface area (Å²) in [6.07, 6.45) is 2.26. The predicted octanol–water partition coefficient (Wildman–Crippen LogP) is 2.24. The zero-order valence-electron chi connectivity index (χ0n) is 19.1. The van der Waals surface area contributed by atoms with Crippen molar-refractivity contribution in [2.75, 3.05) is 20.3 Å². The van der Waals surface area contributed by atoms with E-state index >= 15 is 0 Å². The van der Waals surface area contributed by atoms with Crippen LogP contribution in [0.2, 0.25) is 0 Å². The lowest BCUT2D eigenvalue weighted by Gasteiger charge is -2.15. The molecule has 0 aliphatic rings. The lowest BCUT2D eigenvalue weighted by Crippen LogP contribution is -2.34. The SMILES string of the molecule is CCOCCCn1c(=O)/c(=C/c2ccc(C(=O)OC)cc2)s/c1=C(\C#N)C(=O)C(C)(C)C. The molecule has 1 heterocycles. The van der Waals surface area contributed by atoms with Crippen molar-refractivity contribution in [3.63, 3.8) is 0 Å². The Labute approximate surface area is 191 Å². The van der Waals surface area contributed by atoms with Gasteiger partial charge < -0.3 is 9.47 Å². The number of ether oxygens (including phenoxy) is 2. The van der Waals surface area contributed by atoms with Crippen LogP contribution in [0.4, 0.5) is 0 Å². The van der Waals surface area contributed by atoms with E-state index in [4.69, 9.17) is 9.47 Å². The van der Waals surface area contributed by atoms with Crippen LogP contribution in [0.3, 0.4) is 0 Å². The van der Waals surface area contributed by atoms with Crippen molar-refractivity contribution >= 4 is 34.7 Å². The van der Waals surface area contributed by atoms with Gasteiger partial charge in [-0.2, -0.15) is 5.26 Å². The van der Waals surface area contributed by atoms with Gasteiger partial charge in [-0.3, -0.25) is 14.2 Å². The Kier molecular flexibility index (Phi) is 8.70. The van der Waals surface area contributed by atoms with Gasteiger partial charge in [0.15, 0.2) is 5.78 Å². The summed E-state index contributed by atoms with van der Waals surface area (Å²) in [7, 11) is 1.31. The van der Waals surface area contributed by atoms with E-state index in [0.29, 0.717) is 46.5 Å². The molecule has 32 heavy (non-hydrogen) atoms. The average molecular weight is 457 g/mol. The molecule has 0 radical (unpaired) electrons. The van der Waals surface area contributed by atoms with E-state index in [0.717, 1.165) is 11.3 Å². The molecule has 0 unspecified atom stereocenters. The quantitative estimate of drug-likeness (QED) is 0.446. The maximum absolute atomic E-state index is 13.2. The number of rotatable bonds is 8. The second-order valence-corrected chi connectivity index (χ2v) is 9.13. The van der Waals surface area contributed by atoms with Crippen molar-refractivity contribution in [2.45, 2.75) is 40.7 Å². The van der Waals surface area contributed by atoms with Gasteiger partial charge >= 0.3 is 5.97 Å². The summed E-state index contributed by atoms with van der Waals surface area (Å²) in [6, 6.07) is 8.66. The van der Waals surface area contributed by atoms with Crippen LogP contribution in [-0.2, 0) is 20.8 Å². The van der Waals surface area contributed by atoms with Crippen molar-refractivity contribution in [3.05, 3.63) is 54.9 Å². The van der Waals surface area contributed by atoms with Gasteiger partial charge in [0.25, 0.3) is 5.56 Å². The van der Waals surface area contributed by atoms with Gasteiger partial charge in [-0.1, -0.05) is 32.9 Å². The topological polar surface area (TPSA) is 98.4 Å². The van der Waals surface area contributed by atoms with Gasteiger partial charge in [-0.25, -0.2) is 4.79 Å². The number of nitrogens with zero attached hydrogens (tertiary/aromatic N) is 2. The van der Waals surface area contributed by atoms with E-state index in [2.05, 4.69) is 0 Å². The first-order valence-corrected chi connectivity index (χ1v) is 11.1. The van der Waals surface area contributed by atoms with Crippen LogP contribution in [0.5, 0.6) is 0 Å². The maximum Gasteiger partial charge on any atom is 0.337 e. The van der Waals surface area contributed by atoms with Gasteiger partial charge in [0.1, 0.15) is 16.3 Å². The van der Waals surface area contributed by atoms with Gasteiger partial charge in [-0.15, -0.1) is 11.3 Å². The van der Waals surface area contributed by atoms with Crippen molar-refractivity contribution in [2.24, 2.45) is 5.41 Å². The number of carbonyl (C=O) groups excluding carboxylic acids is 2. The predicted molar refractivity (Wildman–Crippen MR) is 124 cm³/mol. The molecule has 0 amide bonds. The average Bonchev–Trinajstić information content (AvgIpc) is 3.06. The fraction of sp³-hybridized carbons (Fsp3) is 0.417. The number of ketones is 1. The highest BCUT2D eigenvalue weighted by molar-refractivity contribution is 7.07. The summed E-state index contributed by atoms with van der Waals surface area (Å²) in [5, 5.41) is 9.75. The molecule has 0 saturated carbocycles. The first kappa shape index (κ1) is 25.2. The maximum atomic E-state index is 13.2. The smallest absolute Gasteiger partial charge is 0.337 e. The van der Waals surface area contributed by atoms with E-state index in [1.54, 1.807) is 51.1 Å². The number of nitriles is 1. The monoisotopic (exact) mass is 456 g/mol. The number of benzene rings is 1. The minimum atomic E-state index is -0.755. The van der Waals surface area contributed by atoms with Crippen LogP contribution >= 0.6 is 11.3 Å². The first-order chi connectivity index (χ1) is 15.1. The van der Waals surface area contributed by atoms with Crippen LogP contribution in [0.1, 0.15) is 50.0 Å². The van der Waals surface area contributed by atoms with Crippen LogP contribution in [0.15, 0.2) is 29.1 Å². The summed E-state index contributed by atoms with van der Waals surface area (Å²) in [5.74, 6) is -0.755. The number of Topliss-reactive ketones (excluding diaryl/α,β-unsaturated/α-hetero) is 1. The molecule has 0 saturated heterocycles. The summed E-state index contributed by atoms with van der Waals surface area (Å²) in [4.78, 5) is 37.7. The molecule has 1 aromatic carbocycles. The van der Waals surface area contributed by atoms with Crippen molar-refractivity contribution in [1.29, 1.82) is 5.26 Å². The highest BCUT2D eigenvalue weighted by Gasteiger charge is 2.27. The molecule has 170 valence electrons. The van der Waals surface area contributed by atoms with Crippen LogP contribution < -0.4 is 14.8 Å². The van der Waals surface area contributed by atoms with Crippen LogP contribution in [0.25, 0.3) is 11.6 Å². The minimum Gasteiger partial charge on any atom is -0.465 e. The molecule has 0 N–H and O–H groups in total. The highest BCUT2D eigenvalue weighted by atomic mass is 32.1. The third-order valence-electron chi connectivity index (χ3n) is 4.65. The number of hydrogen-bond donors (Lipinski definition) is 0. The molecule has 2 rings (SSSR count). The van der Waals surface area contributed by atoms with Gasteiger partial charge in [-0.05, 0) is 37.1 Å². The lowest BCUT2D eigenvalue weighted by molar-refractivity contribution is -0.120. The third-order valence-corrected chi connectivity index (χ3v) is 5.78. The molecule has 0 spiro atoms. The molecule has 0 bridgehead atoms. The van der Waals surface area contributed by atoms with Gasteiger partial charge in [0.05, 0.1) is 17.2 Å². The largest absolute Gasteiger partial charge is 0.465 e. The summed E-state index contributed by atoms with van der Waals surface area (Å²) in [5.41, 5.74) is 0.0737. The molecule has 8 heteroatoms. The van der Waals surface area contributed by atoms with Gasteiger partial charge in [0.2, 0.25) is 0 Å². The molecule has 2 aromatic rings. The van der Waals surface area contributed by atoms with Crippen LogP contribution in [-0.4, -0.2) is 36.6 Å². The summed E-state index contributed by atoms with van der Waals surface area (Å²) in [6.45, 7) is 8.51. The van der Waals surface area contributed by atoms with Crippen molar-refractivity contribution in [3.8, 4) is 6.07 Å². The zero-order chi connectivity index (χ0) is 23.9. The van der Waals surface area contributed by atoms with Gasteiger partial charge in [0, 0.05) is 25.2 Å². The Bertz CT molecular complexity index is 1190.